The zero-order chi connectivity index (χ0) is 32.5. The van der Waals surface area contributed by atoms with Gasteiger partial charge in [-0.05, 0) is 38.3 Å². The fourth-order valence-electron chi connectivity index (χ4n) is 4.75. The van der Waals surface area contributed by atoms with Crippen molar-refractivity contribution in [3.05, 3.63) is 52.5 Å². The van der Waals surface area contributed by atoms with E-state index in [1.807, 2.05) is 37.9 Å². The first-order chi connectivity index (χ1) is 20.6. The minimum atomic E-state index is -4.51. The van der Waals surface area contributed by atoms with E-state index in [4.69, 9.17) is 10.2 Å². The Labute approximate surface area is 253 Å². The SMILES string of the molecule is CC(C)(C)c1nc(N2CCN(CCCCn3ccc(N4CCCC4)nc3=O)CC2)cc(C(F)(F)F)n1.O=C(O)C=CC(=O)O. The molecule has 0 saturated carbocycles. The first kappa shape index (κ1) is 34.5. The summed E-state index contributed by atoms with van der Waals surface area (Å²) < 4.78 is 42.0. The van der Waals surface area contributed by atoms with Gasteiger partial charge in [0, 0.05) is 75.6 Å². The molecule has 44 heavy (non-hydrogen) atoms. The van der Waals surface area contributed by atoms with E-state index in [1.54, 1.807) is 4.57 Å². The number of aliphatic carboxylic acids is 2. The molecule has 0 spiro atoms. The normalized spacial score (nSPS) is 16.2. The number of aromatic nitrogens is 4. The molecular formula is C29H40F3N7O5. The highest BCUT2D eigenvalue weighted by Crippen LogP contribution is 2.32. The van der Waals surface area contributed by atoms with E-state index >= 15 is 0 Å². The van der Waals surface area contributed by atoms with Crippen LogP contribution in [0.1, 0.15) is 58.0 Å². The van der Waals surface area contributed by atoms with Crippen molar-refractivity contribution in [1.82, 2.24) is 24.4 Å². The van der Waals surface area contributed by atoms with Crippen LogP contribution >= 0.6 is 0 Å². The Morgan fingerprint density at radius 2 is 1.41 bits per heavy atom. The van der Waals surface area contributed by atoms with Gasteiger partial charge in [-0.3, -0.25) is 9.47 Å². The number of unbranched alkanes of at least 4 members (excludes halogenated alkanes) is 1. The highest BCUT2D eigenvalue weighted by atomic mass is 19.4. The van der Waals surface area contributed by atoms with E-state index in [2.05, 4.69) is 24.8 Å². The Morgan fingerprint density at radius 3 is 1.93 bits per heavy atom. The summed E-state index contributed by atoms with van der Waals surface area (Å²) in [5.41, 5.74) is -1.67. The molecule has 4 rings (SSSR count). The number of carboxylic acid groups (broad SMARTS) is 2. The maximum Gasteiger partial charge on any atom is 0.433 e. The van der Waals surface area contributed by atoms with Gasteiger partial charge in [-0.25, -0.2) is 24.4 Å². The van der Waals surface area contributed by atoms with Gasteiger partial charge >= 0.3 is 23.8 Å². The number of rotatable bonds is 9. The lowest BCUT2D eigenvalue weighted by atomic mass is 9.95. The van der Waals surface area contributed by atoms with E-state index in [9.17, 15) is 27.6 Å². The first-order valence-electron chi connectivity index (χ1n) is 14.5. The number of carbonyl (C=O) groups is 2. The number of anilines is 2. The Bertz CT molecular complexity index is 1310. The van der Waals surface area contributed by atoms with Crippen LogP contribution in [0.2, 0.25) is 0 Å². The van der Waals surface area contributed by atoms with Crippen LogP contribution in [0.4, 0.5) is 24.8 Å². The van der Waals surface area contributed by atoms with E-state index < -0.39 is 29.2 Å². The molecule has 0 bridgehead atoms. The highest BCUT2D eigenvalue weighted by molar-refractivity contribution is 5.89. The molecule has 4 heterocycles. The fourth-order valence-corrected chi connectivity index (χ4v) is 4.75. The molecular weight excluding hydrogens is 583 g/mol. The molecule has 0 aromatic carbocycles. The number of hydrogen-bond donors (Lipinski definition) is 2. The number of carboxylic acids is 2. The van der Waals surface area contributed by atoms with Crippen molar-refractivity contribution in [2.45, 2.75) is 64.6 Å². The Morgan fingerprint density at radius 1 is 0.841 bits per heavy atom. The average Bonchev–Trinajstić information content (AvgIpc) is 3.50. The number of hydrogen-bond acceptors (Lipinski definition) is 9. The molecule has 2 aliphatic heterocycles. The first-order valence-corrected chi connectivity index (χ1v) is 14.5. The van der Waals surface area contributed by atoms with Crippen molar-refractivity contribution < 1.29 is 33.0 Å². The van der Waals surface area contributed by atoms with Crippen molar-refractivity contribution >= 4 is 23.6 Å². The van der Waals surface area contributed by atoms with Crippen LogP contribution in [0, 0.1) is 0 Å². The standard InChI is InChI=1S/C25H36F3N7O.C4H4O4/c1-24(2,3)22-29-19(25(26,27)28)18-21(30-22)34-16-14-32(15-17-34)9-4-5-12-35-13-8-20(31-23(35)36)33-10-6-7-11-33;5-3(6)1-2-4(7)8/h8,13,18H,4-7,9-12,14-17H2,1-3H3;1-2H,(H,5,6)(H,7,8). The van der Waals surface area contributed by atoms with E-state index in [0.717, 1.165) is 70.3 Å². The van der Waals surface area contributed by atoms with Crippen molar-refractivity contribution in [3.8, 4) is 0 Å². The third-order valence-electron chi connectivity index (χ3n) is 7.15. The lowest BCUT2D eigenvalue weighted by molar-refractivity contribution is -0.141. The third-order valence-corrected chi connectivity index (χ3v) is 7.15. The summed E-state index contributed by atoms with van der Waals surface area (Å²) in [5.74, 6) is -1.20. The number of nitrogens with zero attached hydrogens (tertiary/aromatic N) is 7. The minimum Gasteiger partial charge on any atom is -0.478 e. The summed E-state index contributed by atoms with van der Waals surface area (Å²) in [6.45, 7) is 11.6. The monoisotopic (exact) mass is 623 g/mol. The topological polar surface area (TPSA) is 145 Å². The molecule has 15 heteroatoms. The van der Waals surface area contributed by atoms with Gasteiger partial charge in [-0.1, -0.05) is 20.8 Å². The predicted molar refractivity (Wildman–Crippen MR) is 158 cm³/mol. The van der Waals surface area contributed by atoms with Crippen LogP contribution in [0.5, 0.6) is 0 Å². The maximum absolute atomic E-state index is 13.4. The second kappa shape index (κ2) is 15.1. The molecule has 12 nitrogen and oxygen atoms in total. The van der Waals surface area contributed by atoms with Gasteiger partial charge in [0.25, 0.3) is 0 Å². The molecule has 2 fully saturated rings. The van der Waals surface area contributed by atoms with Crippen molar-refractivity contribution in [1.29, 1.82) is 0 Å². The second-order valence-corrected chi connectivity index (χ2v) is 11.7. The quantitative estimate of drug-likeness (QED) is 0.314. The lowest BCUT2D eigenvalue weighted by Gasteiger charge is -2.36. The van der Waals surface area contributed by atoms with E-state index in [0.29, 0.717) is 37.6 Å². The number of halogens is 3. The highest BCUT2D eigenvalue weighted by Gasteiger charge is 2.36. The summed E-state index contributed by atoms with van der Waals surface area (Å²) in [6.07, 6.45) is 2.52. The van der Waals surface area contributed by atoms with Gasteiger partial charge in [-0.15, -0.1) is 0 Å². The van der Waals surface area contributed by atoms with Crippen LogP contribution in [0.15, 0.2) is 35.3 Å². The second-order valence-electron chi connectivity index (χ2n) is 11.7. The number of piperazine rings is 1. The number of aryl methyl sites for hydroxylation is 1. The zero-order valence-corrected chi connectivity index (χ0v) is 25.3. The number of alkyl halides is 3. The summed E-state index contributed by atoms with van der Waals surface area (Å²) in [4.78, 5) is 50.3. The van der Waals surface area contributed by atoms with E-state index in [1.165, 1.54) is 0 Å². The maximum atomic E-state index is 13.4. The van der Waals surface area contributed by atoms with Gasteiger partial charge in [0.2, 0.25) is 0 Å². The molecule has 2 aliphatic rings. The van der Waals surface area contributed by atoms with Crippen molar-refractivity contribution in [2.75, 3.05) is 55.6 Å². The van der Waals surface area contributed by atoms with E-state index in [-0.39, 0.29) is 11.5 Å². The molecule has 2 aromatic heterocycles. The Balaban J connectivity index is 0.000000583. The molecule has 2 aromatic rings. The molecule has 0 aliphatic carbocycles. The summed E-state index contributed by atoms with van der Waals surface area (Å²) in [7, 11) is 0. The average molecular weight is 624 g/mol. The molecule has 2 N–H and O–H groups in total. The van der Waals surface area contributed by atoms with Gasteiger partial charge in [-0.2, -0.15) is 18.2 Å². The molecule has 0 radical (unpaired) electrons. The molecule has 0 atom stereocenters. The van der Waals surface area contributed by atoms with Crippen LogP contribution in [0.25, 0.3) is 0 Å². The van der Waals surface area contributed by atoms with Crippen LogP contribution in [0.3, 0.4) is 0 Å². The summed E-state index contributed by atoms with van der Waals surface area (Å²) >= 11 is 0. The third kappa shape index (κ3) is 10.6. The lowest BCUT2D eigenvalue weighted by Crippen LogP contribution is -2.47. The van der Waals surface area contributed by atoms with Crippen LogP contribution in [-0.2, 0) is 27.7 Å². The van der Waals surface area contributed by atoms with Gasteiger partial charge in [0.1, 0.15) is 23.2 Å². The summed E-state index contributed by atoms with van der Waals surface area (Å²) in [5, 5.41) is 15.6. The Hall–Kier alpha value is -4.01. The molecule has 242 valence electrons. The van der Waals surface area contributed by atoms with Crippen molar-refractivity contribution in [3.63, 3.8) is 0 Å². The van der Waals surface area contributed by atoms with Crippen molar-refractivity contribution in [2.24, 2.45) is 0 Å². The van der Waals surface area contributed by atoms with Gasteiger partial charge < -0.3 is 20.0 Å². The van der Waals surface area contributed by atoms with Gasteiger partial charge in [0.15, 0.2) is 0 Å². The van der Waals surface area contributed by atoms with Gasteiger partial charge in [0.05, 0.1) is 0 Å². The fraction of sp³-hybridized carbons (Fsp3) is 0.586. The molecule has 0 amide bonds. The molecule has 0 unspecified atom stereocenters. The smallest absolute Gasteiger partial charge is 0.433 e. The predicted octanol–water partition coefficient (Wildman–Crippen LogP) is 3.26. The largest absolute Gasteiger partial charge is 0.478 e. The van der Waals surface area contributed by atoms with Crippen LogP contribution in [-0.4, -0.2) is 92.4 Å². The zero-order valence-electron chi connectivity index (χ0n) is 25.3. The summed E-state index contributed by atoms with van der Waals surface area (Å²) in [6, 6.07) is 2.99. The Kier molecular flexibility index (Phi) is 11.9. The minimum absolute atomic E-state index is 0.202. The molecule has 2 saturated heterocycles. The van der Waals surface area contributed by atoms with Crippen LogP contribution < -0.4 is 15.5 Å².